The topological polar surface area (TPSA) is 12.0 Å². The van der Waals surface area contributed by atoms with E-state index in [-0.39, 0.29) is 5.41 Å². The maximum Gasteiger partial charge on any atom is 0.0272 e. The molecule has 0 unspecified atom stereocenters. The molecule has 2 rings (SSSR count). The predicted molar refractivity (Wildman–Crippen MR) is 51.8 cm³/mol. The van der Waals surface area contributed by atoms with E-state index < -0.39 is 0 Å². The Labute approximate surface area is 74.5 Å². The number of nitrogens with one attached hydrogen (secondary N) is 1. The van der Waals surface area contributed by atoms with E-state index in [1.165, 1.54) is 37.8 Å². The van der Waals surface area contributed by atoms with Gasteiger partial charge in [-0.25, -0.2) is 0 Å². The second-order valence-corrected chi connectivity index (χ2v) is 4.11. The van der Waals surface area contributed by atoms with Crippen molar-refractivity contribution in [3.63, 3.8) is 0 Å². The van der Waals surface area contributed by atoms with Gasteiger partial charge in [-0.2, -0.15) is 0 Å². The van der Waals surface area contributed by atoms with Gasteiger partial charge in [0, 0.05) is 17.2 Å². The van der Waals surface area contributed by atoms with E-state index in [1.807, 2.05) is 0 Å². The molecule has 0 radical (unpaired) electrons. The Bertz CT molecular complexity index is 209. The lowest BCUT2D eigenvalue weighted by Crippen LogP contribution is -2.36. The first-order valence-electron chi connectivity index (χ1n) is 4.86. The molecule has 1 heteroatoms. The van der Waals surface area contributed by atoms with E-state index >= 15 is 0 Å². The van der Waals surface area contributed by atoms with Crippen molar-refractivity contribution in [3.05, 3.63) is 24.9 Å². The fourth-order valence-electron chi connectivity index (χ4n) is 1.71. The Kier molecular flexibility index (Phi) is 1.75. The molecule has 0 aromatic rings. The van der Waals surface area contributed by atoms with E-state index in [1.54, 1.807) is 0 Å². The standard InChI is InChI=1S/C11H17N/c1-3-11(7-8-11)9(2)12-10-5-4-6-10/h3,10,12H,1-2,4-8H2. The zero-order valence-corrected chi connectivity index (χ0v) is 7.60. The molecule has 1 N–H and O–H groups in total. The number of rotatable bonds is 4. The highest BCUT2D eigenvalue weighted by atomic mass is 15.0. The minimum Gasteiger partial charge on any atom is -0.385 e. The molecule has 2 aliphatic carbocycles. The first kappa shape index (κ1) is 7.90. The quantitative estimate of drug-likeness (QED) is 0.628. The summed E-state index contributed by atoms with van der Waals surface area (Å²) in [5, 5.41) is 3.50. The Hall–Kier alpha value is -0.720. The highest BCUT2D eigenvalue weighted by Crippen LogP contribution is 2.51. The second-order valence-electron chi connectivity index (χ2n) is 4.11. The van der Waals surface area contributed by atoms with E-state index in [2.05, 4.69) is 24.6 Å². The summed E-state index contributed by atoms with van der Waals surface area (Å²) in [5.41, 5.74) is 1.48. The van der Waals surface area contributed by atoms with Crippen molar-refractivity contribution < 1.29 is 0 Å². The monoisotopic (exact) mass is 163 g/mol. The molecule has 2 fully saturated rings. The van der Waals surface area contributed by atoms with E-state index in [0.717, 1.165) is 6.04 Å². The molecule has 0 spiro atoms. The second kappa shape index (κ2) is 2.65. The Morgan fingerprint density at radius 1 is 1.42 bits per heavy atom. The lowest BCUT2D eigenvalue weighted by atomic mass is 9.91. The lowest BCUT2D eigenvalue weighted by molar-refractivity contribution is 0.353. The van der Waals surface area contributed by atoms with Gasteiger partial charge >= 0.3 is 0 Å². The Balaban J connectivity index is 1.87. The molecule has 0 amide bonds. The minimum atomic E-state index is 0.273. The van der Waals surface area contributed by atoms with Gasteiger partial charge in [0.2, 0.25) is 0 Å². The largest absolute Gasteiger partial charge is 0.385 e. The SMILES string of the molecule is C=CC1(C(=C)NC2CCC2)CC1. The van der Waals surface area contributed by atoms with Gasteiger partial charge < -0.3 is 5.32 Å². The van der Waals surface area contributed by atoms with Crippen molar-refractivity contribution in [2.45, 2.75) is 38.1 Å². The van der Waals surface area contributed by atoms with Gasteiger partial charge in [-0.3, -0.25) is 0 Å². The van der Waals surface area contributed by atoms with Crippen molar-refractivity contribution in [1.82, 2.24) is 5.32 Å². The molecule has 2 saturated carbocycles. The van der Waals surface area contributed by atoms with E-state index in [4.69, 9.17) is 0 Å². The molecule has 66 valence electrons. The molecule has 0 atom stereocenters. The van der Waals surface area contributed by atoms with Gasteiger partial charge in [0.25, 0.3) is 0 Å². The zero-order valence-electron chi connectivity index (χ0n) is 7.60. The van der Waals surface area contributed by atoms with Crippen molar-refractivity contribution in [1.29, 1.82) is 0 Å². The third-order valence-corrected chi connectivity index (χ3v) is 3.26. The van der Waals surface area contributed by atoms with Gasteiger partial charge in [0.05, 0.1) is 0 Å². The van der Waals surface area contributed by atoms with Crippen LogP contribution in [0.5, 0.6) is 0 Å². The van der Waals surface area contributed by atoms with Crippen LogP contribution >= 0.6 is 0 Å². The number of allylic oxidation sites excluding steroid dienone is 1. The van der Waals surface area contributed by atoms with E-state index in [9.17, 15) is 0 Å². The summed E-state index contributed by atoms with van der Waals surface area (Å²) in [6, 6.07) is 0.718. The fraction of sp³-hybridized carbons (Fsp3) is 0.636. The van der Waals surface area contributed by atoms with Crippen LogP contribution in [0.3, 0.4) is 0 Å². The molecule has 0 aromatic heterocycles. The lowest BCUT2D eigenvalue weighted by Gasteiger charge is -2.30. The average Bonchev–Trinajstić information content (AvgIpc) is 2.76. The first-order chi connectivity index (χ1) is 5.77. The molecular formula is C11H17N. The third-order valence-electron chi connectivity index (χ3n) is 3.26. The minimum absolute atomic E-state index is 0.273. The molecule has 2 aliphatic rings. The van der Waals surface area contributed by atoms with Crippen LogP contribution < -0.4 is 5.32 Å². The first-order valence-corrected chi connectivity index (χ1v) is 4.86. The molecule has 12 heavy (non-hydrogen) atoms. The van der Waals surface area contributed by atoms with Crippen molar-refractivity contribution in [2.24, 2.45) is 5.41 Å². The van der Waals surface area contributed by atoms with Crippen molar-refractivity contribution >= 4 is 0 Å². The molecule has 0 aromatic carbocycles. The van der Waals surface area contributed by atoms with Crippen molar-refractivity contribution in [2.75, 3.05) is 0 Å². The van der Waals surface area contributed by atoms with Crippen LogP contribution in [0, 0.1) is 5.41 Å². The highest BCUT2D eigenvalue weighted by Gasteiger charge is 2.43. The summed E-state index contributed by atoms with van der Waals surface area (Å²) in [4.78, 5) is 0. The summed E-state index contributed by atoms with van der Waals surface area (Å²) < 4.78 is 0. The predicted octanol–water partition coefficient (Wildman–Crippen LogP) is 2.61. The fourth-order valence-corrected chi connectivity index (χ4v) is 1.71. The zero-order chi connectivity index (χ0) is 8.60. The van der Waals surface area contributed by atoms with Crippen LogP contribution in [0.1, 0.15) is 32.1 Å². The maximum absolute atomic E-state index is 4.10. The van der Waals surface area contributed by atoms with Crippen LogP contribution in [0.4, 0.5) is 0 Å². The number of hydrogen-bond acceptors (Lipinski definition) is 1. The summed E-state index contributed by atoms with van der Waals surface area (Å²) in [5.74, 6) is 0. The summed E-state index contributed by atoms with van der Waals surface area (Å²) >= 11 is 0. The van der Waals surface area contributed by atoms with Crippen LogP contribution in [0.25, 0.3) is 0 Å². The normalized spacial score (nSPS) is 25.7. The van der Waals surface area contributed by atoms with Crippen LogP contribution in [-0.2, 0) is 0 Å². The molecule has 0 saturated heterocycles. The van der Waals surface area contributed by atoms with Crippen LogP contribution in [0.2, 0.25) is 0 Å². The Morgan fingerprint density at radius 2 is 2.08 bits per heavy atom. The van der Waals surface area contributed by atoms with Gasteiger partial charge in [-0.1, -0.05) is 12.7 Å². The maximum atomic E-state index is 4.10. The molecule has 0 heterocycles. The third kappa shape index (κ3) is 1.17. The van der Waals surface area contributed by atoms with Gasteiger partial charge in [0.15, 0.2) is 0 Å². The van der Waals surface area contributed by atoms with Gasteiger partial charge in [-0.15, -0.1) is 6.58 Å². The highest BCUT2D eigenvalue weighted by molar-refractivity contribution is 5.25. The molecule has 1 nitrogen and oxygen atoms in total. The summed E-state index contributed by atoms with van der Waals surface area (Å²) in [7, 11) is 0. The summed E-state index contributed by atoms with van der Waals surface area (Å²) in [6.07, 6.45) is 8.58. The van der Waals surface area contributed by atoms with Crippen LogP contribution in [-0.4, -0.2) is 6.04 Å². The molecule has 0 bridgehead atoms. The number of hydrogen-bond donors (Lipinski definition) is 1. The van der Waals surface area contributed by atoms with Crippen molar-refractivity contribution in [3.8, 4) is 0 Å². The van der Waals surface area contributed by atoms with Gasteiger partial charge in [0.1, 0.15) is 0 Å². The van der Waals surface area contributed by atoms with Gasteiger partial charge in [-0.05, 0) is 32.1 Å². The smallest absolute Gasteiger partial charge is 0.0272 e. The average molecular weight is 163 g/mol. The molecule has 0 aliphatic heterocycles. The van der Waals surface area contributed by atoms with Crippen LogP contribution in [0.15, 0.2) is 24.9 Å². The molecular weight excluding hydrogens is 146 g/mol. The Morgan fingerprint density at radius 3 is 2.42 bits per heavy atom. The summed E-state index contributed by atoms with van der Waals surface area (Å²) in [6.45, 7) is 7.97. The van der Waals surface area contributed by atoms with E-state index in [0.29, 0.717) is 0 Å².